The molecule has 1 saturated heterocycles. The van der Waals surface area contributed by atoms with Crippen LogP contribution >= 0.6 is 0 Å². The molecule has 1 fully saturated rings. The molecule has 0 amide bonds. The van der Waals surface area contributed by atoms with E-state index in [9.17, 15) is 9.50 Å². The second-order valence-corrected chi connectivity index (χ2v) is 8.08. The summed E-state index contributed by atoms with van der Waals surface area (Å²) >= 11 is 0. The number of aliphatic hydroxyl groups is 1. The molecule has 0 saturated carbocycles. The van der Waals surface area contributed by atoms with Crippen LogP contribution in [0.4, 0.5) is 4.39 Å². The summed E-state index contributed by atoms with van der Waals surface area (Å²) in [6.07, 6.45) is 3.71. The van der Waals surface area contributed by atoms with E-state index in [-0.39, 0.29) is 11.9 Å². The van der Waals surface area contributed by atoms with E-state index in [2.05, 4.69) is 27.2 Å². The summed E-state index contributed by atoms with van der Waals surface area (Å²) < 4.78 is 19.2. The number of halogens is 1. The molecule has 0 radical (unpaired) electrons. The van der Waals surface area contributed by atoms with Gasteiger partial charge in [-0.1, -0.05) is 53.7 Å². The van der Waals surface area contributed by atoms with Gasteiger partial charge in [0.25, 0.3) is 0 Å². The van der Waals surface area contributed by atoms with Gasteiger partial charge in [0.1, 0.15) is 5.82 Å². The summed E-state index contributed by atoms with van der Waals surface area (Å²) in [6, 6.07) is 17.0. The molecule has 5 nitrogen and oxygen atoms in total. The smallest absolute Gasteiger partial charge is 0.240 e. The lowest BCUT2D eigenvalue weighted by Crippen LogP contribution is -2.37. The van der Waals surface area contributed by atoms with E-state index >= 15 is 0 Å². The Morgan fingerprint density at radius 3 is 2.57 bits per heavy atom. The fourth-order valence-corrected chi connectivity index (χ4v) is 4.12. The second kappa shape index (κ2) is 9.96. The van der Waals surface area contributed by atoms with Crippen molar-refractivity contribution in [3.05, 3.63) is 83.3 Å². The van der Waals surface area contributed by atoms with Gasteiger partial charge in [0, 0.05) is 6.42 Å². The first-order chi connectivity index (χ1) is 14.7. The lowest BCUT2D eigenvalue weighted by molar-refractivity contribution is 0.0492. The quantitative estimate of drug-likeness (QED) is 0.609. The van der Waals surface area contributed by atoms with Gasteiger partial charge in [0.05, 0.1) is 12.6 Å². The van der Waals surface area contributed by atoms with Crippen LogP contribution in [-0.4, -0.2) is 39.3 Å². The first-order valence-electron chi connectivity index (χ1n) is 10.7. The lowest BCUT2D eigenvalue weighted by Gasteiger charge is -2.33. The zero-order chi connectivity index (χ0) is 20.8. The minimum Gasteiger partial charge on any atom is -0.393 e. The van der Waals surface area contributed by atoms with Crippen LogP contribution in [0.2, 0.25) is 0 Å². The van der Waals surface area contributed by atoms with E-state index < -0.39 is 0 Å². The Bertz CT molecular complexity index is 923. The number of aliphatic hydroxyl groups excluding tert-OH is 1. The summed E-state index contributed by atoms with van der Waals surface area (Å²) in [7, 11) is 0. The Hall–Kier alpha value is -2.57. The van der Waals surface area contributed by atoms with E-state index in [1.807, 2.05) is 18.2 Å². The number of rotatable bonds is 8. The Labute approximate surface area is 176 Å². The first kappa shape index (κ1) is 20.7. The highest BCUT2D eigenvalue weighted by Gasteiger charge is 2.26. The average molecular weight is 410 g/mol. The van der Waals surface area contributed by atoms with Gasteiger partial charge in [-0.2, -0.15) is 4.98 Å². The van der Waals surface area contributed by atoms with Gasteiger partial charge in [0.2, 0.25) is 5.89 Å². The van der Waals surface area contributed by atoms with Gasteiger partial charge in [-0.3, -0.25) is 4.90 Å². The Kier molecular flexibility index (Phi) is 6.87. The van der Waals surface area contributed by atoms with Gasteiger partial charge >= 0.3 is 0 Å². The summed E-state index contributed by atoms with van der Waals surface area (Å²) in [5, 5.41) is 14.6. The Morgan fingerprint density at radius 2 is 1.80 bits per heavy atom. The van der Waals surface area contributed by atoms with Crippen LogP contribution in [0, 0.1) is 11.7 Å². The Balaban J connectivity index is 1.22. The highest BCUT2D eigenvalue weighted by molar-refractivity contribution is 5.20. The molecule has 3 aromatic rings. The normalized spacial score (nSPS) is 16.6. The van der Waals surface area contributed by atoms with Gasteiger partial charge in [-0.05, 0) is 61.9 Å². The molecule has 1 N–H and O–H groups in total. The van der Waals surface area contributed by atoms with Crippen molar-refractivity contribution in [2.24, 2.45) is 5.92 Å². The third-order valence-electron chi connectivity index (χ3n) is 5.92. The molecule has 1 aliphatic rings. The van der Waals surface area contributed by atoms with Crippen LogP contribution in [0.25, 0.3) is 0 Å². The maximum absolute atomic E-state index is 13.8. The molecule has 0 unspecified atom stereocenters. The molecule has 30 heavy (non-hydrogen) atoms. The largest absolute Gasteiger partial charge is 0.393 e. The third kappa shape index (κ3) is 5.52. The van der Waals surface area contributed by atoms with Crippen LogP contribution in [0.15, 0.2) is 59.1 Å². The van der Waals surface area contributed by atoms with E-state index in [0.29, 0.717) is 36.2 Å². The lowest BCUT2D eigenvalue weighted by atomic mass is 9.88. The summed E-state index contributed by atoms with van der Waals surface area (Å²) in [4.78, 5) is 6.70. The molecule has 0 bridgehead atoms. The molecule has 0 spiro atoms. The second-order valence-electron chi connectivity index (χ2n) is 8.08. The van der Waals surface area contributed by atoms with Crippen LogP contribution in [0.1, 0.15) is 42.1 Å². The highest BCUT2D eigenvalue weighted by atomic mass is 19.1. The topological polar surface area (TPSA) is 62.4 Å². The average Bonchev–Trinajstić information content (AvgIpc) is 3.22. The highest BCUT2D eigenvalue weighted by Crippen LogP contribution is 2.24. The van der Waals surface area contributed by atoms with Crippen LogP contribution < -0.4 is 0 Å². The molecule has 2 aromatic carbocycles. The van der Waals surface area contributed by atoms with E-state index in [1.54, 1.807) is 18.2 Å². The van der Waals surface area contributed by atoms with Crippen molar-refractivity contribution in [2.45, 2.75) is 44.8 Å². The fourth-order valence-electron chi connectivity index (χ4n) is 4.12. The maximum atomic E-state index is 13.8. The molecule has 6 heteroatoms. The SMILES string of the molecule is O[C@@H](CCc1ccccc1)C1CCN(Cc2nc(Cc3ccccc3F)no2)CC1. The predicted molar refractivity (Wildman–Crippen MR) is 112 cm³/mol. The zero-order valence-electron chi connectivity index (χ0n) is 17.1. The minimum absolute atomic E-state index is 0.253. The fraction of sp³-hybridized carbons (Fsp3) is 0.417. The summed E-state index contributed by atoms with van der Waals surface area (Å²) in [5.41, 5.74) is 1.84. The number of hydrogen-bond donors (Lipinski definition) is 1. The molecule has 1 aromatic heterocycles. The number of hydrogen-bond acceptors (Lipinski definition) is 5. The molecule has 1 atom stereocenters. The first-order valence-corrected chi connectivity index (χ1v) is 10.7. The van der Waals surface area contributed by atoms with E-state index in [1.165, 1.54) is 11.6 Å². The zero-order valence-corrected chi connectivity index (χ0v) is 17.1. The van der Waals surface area contributed by atoms with E-state index in [0.717, 1.165) is 38.8 Å². The van der Waals surface area contributed by atoms with Gasteiger partial charge in [0.15, 0.2) is 5.82 Å². The number of aryl methyl sites for hydroxylation is 1. The van der Waals surface area contributed by atoms with E-state index in [4.69, 9.17) is 4.52 Å². The van der Waals surface area contributed by atoms with Crippen molar-refractivity contribution in [2.75, 3.05) is 13.1 Å². The van der Waals surface area contributed by atoms with Crippen molar-refractivity contribution in [3.8, 4) is 0 Å². The van der Waals surface area contributed by atoms with Crippen LogP contribution in [0.3, 0.4) is 0 Å². The number of piperidine rings is 1. The van der Waals surface area contributed by atoms with Crippen molar-refractivity contribution in [1.29, 1.82) is 0 Å². The number of nitrogens with zero attached hydrogens (tertiary/aromatic N) is 3. The predicted octanol–water partition coefficient (Wildman–Crippen LogP) is 4.01. The monoisotopic (exact) mass is 409 g/mol. The molecule has 2 heterocycles. The van der Waals surface area contributed by atoms with Crippen LogP contribution in [-0.2, 0) is 19.4 Å². The minimum atomic E-state index is -0.261. The molecule has 4 rings (SSSR count). The number of aromatic nitrogens is 2. The summed E-state index contributed by atoms with van der Waals surface area (Å²) in [6.45, 7) is 2.40. The van der Waals surface area contributed by atoms with Crippen molar-refractivity contribution < 1.29 is 14.0 Å². The van der Waals surface area contributed by atoms with Crippen molar-refractivity contribution in [1.82, 2.24) is 15.0 Å². The van der Waals surface area contributed by atoms with Crippen molar-refractivity contribution in [3.63, 3.8) is 0 Å². The number of benzene rings is 2. The number of likely N-dealkylation sites (tertiary alicyclic amines) is 1. The Morgan fingerprint density at radius 1 is 1.07 bits per heavy atom. The maximum Gasteiger partial charge on any atom is 0.240 e. The van der Waals surface area contributed by atoms with Gasteiger partial charge in [-0.15, -0.1) is 0 Å². The molecule has 1 aliphatic heterocycles. The molecular formula is C24H28FN3O2. The van der Waals surface area contributed by atoms with Gasteiger partial charge < -0.3 is 9.63 Å². The molecule has 0 aliphatic carbocycles. The van der Waals surface area contributed by atoms with Crippen LogP contribution in [0.5, 0.6) is 0 Å². The molecular weight excluding hydrogens is 381 g/mol. The third-order valence-corrected chi connectivity index (χ3v) is 5.92. The standard InChI is InChI=1S/C24H28FN3O2/c25-21-9-5-4-8-20(21)16-23-26-24(30-27-23)17-28-14-12-19(13-15-28)22(29)11-10-18-6-2-1-3-7-18/h1-9,19,22,29H,10-17H2/t22-/m0/s1. The molecule has 158 valence electrons. The van der Waals surface area contributed by atoms with Gasteiger partial charge in [-0.25, -0.2) is 4.39 Å². The summed E-state index contributed by atoms with van der Waals surface area (Å²) in [5.74, 6) is 1.15. The van der Waals surface area contributed by atoms with Crippen molar-refractivity contribution >= 4 is 0 Å².